The molecule has 2 heterocycles. The third kappa shape index (κ3) is 6.05. The number of benzene rings is 1. The maximum atomic E-state index is 13.0. The Kier molecular flexibility index (Phi) is 8.59. The molecule has 1 N–H and O–H groups in total. The van der Waals surface area contributed by atoms with Crippen LogP contribution in [0.15, 0.2) is 41.0 Å². The van der Waals surface area contributed by atoms with Crippen LogP contribution in [0.2, 0.25) is 0 Å². The van der Waals surface area contributed by atoms with Gasteiger partial charge in [0.25, 0.3) is 5.91 Å². The van der Waals surface area contributed by atoms with Crippen molar-refractivity contribution in [3.05, 3.63) is 47.9 Å². The van der Waals surface area contributed by atoms with Gasteiger partial charge < -0.3 is 24.1 Å². The van der Waals surface area contributed by atoms with Gasteiger partial charge in [-0.3, -0.25) is 9.59 Å². The standard InChI is InChI=1S/C25H34N2O5/c1-4-13-30-21-11-10-19(16-23(21)31-14-5-2)18(3)26-24(28)20-8-6-12-27(17-20)25(29)22-9-7-15-32-22/h7,9-11,15-16,18,20H,4-6,8,12-14,17H2,1-3H3,(H,26,28)/t18-,20-/m1/s1. The van der Waals surface area contributed by atoms with Crippen molar-refractivity contribution in [1.29, 1.82) is 0 Å². The largest absolute Gasteiger partial charge is 0.490 e. The van der Waals surface area contributed by atoms with E-state index in [-0.39, 0.29) is 23.8 Å². The lowest BCUT2D eigenvalue weighted by molar-refractivity contribution is -0.127. The fraction of sp³-hybridized carbons (Fsp3) is 0.520. The molecule has 1 aliphatic rings. The number of rotatable bonds is 10. The van der Waals surface area contributed by atoms with Crippen LogP contribution in [0.25, 0.3) is 0 Å². The molecule has 174 valence electrons. The van der Waals surface area contributed by atoms with Crippen molar-refractivity contribution in [2.45, 2.75) is 52.5 Å². The van der Waals surface area contributed by atoms with E-state index in [2.05, 4.69) is 19.2 Å². The van der Waals surface area contributed by atoms with Gasteiger partial charge in [-0.1, -0.05) is 19.9 Å². The summed E-state index contributed by atoms with van der Waals surface area (Å²) in [5, 5.41) is 3.11. The molecule has 0 aliphatic carbocycles. The van der Waals surface area contributed by atoms with Crippen LogP contribution < -0.4 is 14.8 Å². The zero-order valence-electron chi connectivity index (χ0n) is 19.3. The number of piperidine rings is 1. The second-order valence-corrected chi connectivity index (χ2v) is 8.20. The predicted octanol–water partition coefficient (Wildman–Crippen LogP) is 4.59. The highest BCUT2D eigenvalue weighted by atomic mass is 16.5. The van der Waals surface area contributed by atoms with Crippen molar-refractivity contribution < 1.29 is 23.5 Å². The highest BCUT2D eigenvalue weighted by molar-refractivity contribution is 5.92. The van der Waals surface area contributed by atoms with Crippen molar-refractivity contribution in [3.8, 4) is 11.5 Å². The molecule has 7 nitrogen and oxygen atoms in total. The van der Waals surface area contributed by atoms with Crippen molar-refractivity contribution in [2.24, 2.45) is 5.92 Å². The van der Waals surface area contributed by atoms with Gasteiger partial charge in [0.15, 0.2) is 17.3 Å². The van der Waals surface area contributed by atoms with Crippen LogP contribution in [0, 0.1) is 5.92 Å². The smallest absolute Gasteiger partial charge is 0.289 e. The molecule has 0 saturated carbocycles. The molecule has 1 fully saturated rings. The van der Waals surface area contributed by atoms with Gasteiger partial charge in [-0.25, -0.2) is 0 Å². The Morgan fingerprint density at radius 1 is 1.16 bits per heavy atom. The second-order valence-electron chi connectivity index (χ2n) is 8.20. The van der Waals surface area contributed by atoms with Gasteiger partial charge in [0, 0.05) is 13.1 Å². The Morgan fingerprint density at radius 3 is 2.59 bits per heavy atom. The first-order valence-corrected chi connectivity index (χ1v) is 11.6. The average Bonchev–Trinajstić information content (AvgIpc) is 3.36. The predicted molar refractivity (Wildman–Crippen MR) is 122 cm³/mol. The van der Waals surface area contributed by atoms with Gasteiger partial charge in [-0.05, 0) is 62.4 Å². The lowest BCUT2D eigenvalue weighted by Crippen LogP contribution is -2.45. The number of hydrogen-bond acceptors (Lipinski definition) is 5. The molecule has 2 amide bonds. The minimum Gasteiger partial charge on any atom is -0.490 e. The van der Waals surface area contributed by atoms with Crippen LogP contribution in [0.3, 0.4) is 0 Å². The van der Waals surface area contributed by atoms with Crippen LogP contribution in [0.1, 0.15) is 68.6 Å². The Balaban J connectivity index is 1.63. The monoisotopic (exact) mass is 442 g/mol. The molecule has 0 bridgehead atoms. The van der Waals surface area contributed by atoms with E-state index in [9.17, 15) is 9.59 Å². The highest BCUT2D eigenvalue weighted by Gasteiger charge is 2.30. The number of furan rings is 1. The fourth-order valence-electron chi connectivity index (χ4n) is 3.80. The lowest BCUT2D eigenvalue weighted by atomic mass is 9.96. The summed E-state index contributed by atoms with van der Waals surface area (Å²) in [6.45, 7) is 8.34. The summed E-state index contributed by atoms with van der Waals surface area (Å²) in [5.41, 5.74) is 0.952. The minimum atomic E-state index is -0.243. The number of hydrogen-bond donors (Lipinski definition) is 1. The first-order chi connectivity index (χ1) is 15.5. The number of nitrogens with zero attached hydrogens (tertiary/aromatic N) is 1. The third-order valence-corrected chi connectivity index (χ3v) is 5.56. The first kappa shape index (κ1) is 23.7. The Labute approximate surface area is 190 Å². The van der Waals surface area contributed by atoms with E-state index in [4.69, 9.17) is 13.9 Å². The molecule has 32 heavy (non-hydrogen) atoms. The second kappa shape index (κ2) is 11.6. The maximum Gasteiger partial charge on any atom is 0.289 e. The van der Waals surface area contributed by atoms with Crippen molar-refractivity contribution in [3.63, 3.8) is 0 Å². The van der Waals surface area contributed by atoms with Crippen LogP contribution in [-0.2, 0) is 4.79 Å². The molecule has 1 aromatic heterocycles. The number of carbonyl (C=O) groups is 2. The van der Waals surface area contributed by atoms with E-state index in [0.717, 1.165) is 37.0 Å². The normalized spacial score (nSPS) is 17.0. The summed E-state index contributed by atoms with van der Waals surface area (Å²) in [4.78, 5) is 27.3. The zero-order valence-corrected chi connectivity index (χ0v) is 19.3. The van der Waals surface area contributed by atoms with Crippen LogP contribution in [0.5, 0.6) is 11.5 Å². The number of carbonyl (C=O) groups excluding carboxylic acids is 2. The molecule has 1 saturated heterocycles. The summed E-state index contributed by atoms with van der Waals surface area (Å²) in [5.74, 6) is 1.28. The van der Waals surface area contributed by atoms with Crippen LogP contribution in [-0.4, -0.2) is 43.0 Å². The van der Waals surface area contributed by atoms with E-state index in [1.54, 1.807) is 17.0 Å². The van der Waals surface area contributed by atoms with Crippen LogP contribution in [0.4, 0.5) is 0 Å². The molecule has 1 aromatic carbocycles. The van der Waals surface area contributed by atoms with Crippen molar-refractivity contribution >= 4 is 11.8 Å². The van der Waals surface area contributed by atoms with E-state index < -0.39 is 0 Å². The van der Waals surface area contributed by atoms with Gasteiger partial charge in [-0.15, -0.1) is 0 Å². The Bertz CT molecular complexity index is 880. The number of likely N-dealkylation sites (tertiary alicyclic amines) is 1. The first-order valence-electron chi connectivity index (χ1n) is 11.6. The zero-order chi connectivity index (χ0) is 22.9. The average molecular weight is 443 g/mol. The summed E-state index contributed by atoms with van der Waals surface area (Å²) in [7, 11) is 0. The number of ether oxygens (including phenoxy) is 2. The van der Waals surface area contributed by atoms with Gasteiger partial charge >= 0.3 is 0 Å². The van der Waals surface area contributed by atoms with E-state index in [1.165, 1.54) is 6.26 Å². The fourth-order valence-corrected chi connectivity index (χ4v) is 3.80. The van der Waals surface area contributed by atoms with Gasteiger partial charge in [0.1, 0.15) is 0 Å². The quantitative estimate of drug-likeness (QED) is 0.582. The third-order valence-electron chi connectivity index (χ3n) is 5.56. The highest BCUT2D eigenvalue weighted by Crippen LogP contribution is 2.31. The van der Waals surface area contributed by atoms with Crippen molar-refractivity contribution in [2.75, 3.05) is 26.3 Å². The van der Waals surface area contributed by atoms with Gasteiger partial charge in [0.05, 0.1) is 31.4 Å². The molecule has 2 atom stereocenters. The Morgan fingerprint density at radius 2 is 1.91 bits per heavy atom. The van der Waals surface area contributed by atoms with Crippen LogP contribution >= 0.6 is 0 Å². The summed E-state index contributed by atoms with van der Waals surface area (Å²) >= 11 is 0. The molecule has 0 unspecified atom stereocenters. The molecule has 7 heteroatoms. The van der Waals surface area contributed by atoms with Gasteiger partial charge in [-0.2, -0.15) is 0 Å². The summed E-state index contributed by atoms with van der Waals surface area (Å²) < 4.78 is 16.9. The van der Waals surface area contributed by atoms with Gasteiger partial charge in [0.2, 0.25) is 5.91 Å². The molecular weight excluding hydrogens is 408 g/mol. The SMILES string of the molecule is CCCOc1ccc([C@@H](C)NC(=O)[C@@H]2CCCN(C(=O)c3ccco3)C2)cc1OCCC. The Hall–Kier alpha value is -2.96. The molecule has 3 rings (SSSR count). The maximum absolute atomic E-state index is 13.0. The number of amides is 2. The molecule has 0 spiro atoms. The topological polar surface area (TPSA) is 81.0 Å². The summed E-state index contributed by atoms with van der Waals surface area (Å²) in [6.07, 6.45) is 4.85. The molecule has 1 aliphatic heterocycles. The van der Waals surface area contributed by atoms with E-state index >= 15 is 0 Å². The molecule has 2 aromatic rings. The molecule has 0 radical (unpaired) electrons. The van der Waals surface area contributed by atoms with E-state index in [1.807, 2.05) is 25.1 Å². The minimum absolute atomic E-state index is 0.0446. The van der Waals surface area contributed by atoms with E-state index in [0.29, 0.717) is 37.8 Å². The molecular formula is C25H34N2O5. The van der Waals surface area contributed by atoms with Crippen molar-refractivity contribution in [1.82, 2.24) is 10.2 Å². The number of nitrogens with one attached hydrogen (secondary N) is 1. The summed E-state index contributed by atoms with van der Waals surface area (Å²) in [6, 6.07) is 8.97. The lowest BCUT2D eigenvalue weighted by Gasteiger charge is -2.32.